The van der Waals surface area contributed by atoms with Crippen LogP contribution in [0.5, 0.6) is 0 Å². The lowest BCUT2D eigenvalue weighted by Crippen LogP contribution is -2.20. The maximum absolute atomic E-state index is 12.0. The molecule has 1 amide bonds. The largest absolute Gasteiger partial charge is 0.368 e. The zero-order chi connectivity index (χ0) is 14.5. The first-order valence-corrected chi connectivity index (χ1v) is 7.26. The zero-order valence-corrected chi connectivity index (χ0v) is 12.3. The van der Waals surface area contributed by atoms with Crippen LogP contribution in [0.3, 0.4) is 0 Å². The van der Waals surface area contributed by atoms with Gasteiger partial charge in [0.05, 0.1) is 0 Å². The van der Waals surface area contributed by atoms with Gasteiger partial charge in [-0.25, -0.2) is 0 Å². The van der Waals surface area contributed by atoms with E-state index in [2.05, 4.69) is 15.5 Å². The molecule has 1 heterocycles. The highest BCUT2D eigenvalue weighted by Crippen LogP contribution is 2.17. The lowest BCUT2D eigenvalue weighted by atomic mass is 10.2. The molecule has 2 rings (SSSR count). The standard InChI is InChI=1S/C13H17N5OS/c1-3-20-13-17-16-12(14)18(13)8-11(19)15-10-6-4-9(2)5-7-10/h4-7H,3,8H2,1-2H3,(H2,14,16)(H,15,19). The van der Waals surface area contributed by atoms with Crippen molar-refractivity contribution in [3.05, 3.63) is 29.8 Å². The molecule has 106 valence electrons. The first kappa shape index (κ1) is 14.4. The number of aryl methyl sites for hydroxylation is 1. The molecule has 0 aliphatic heterocycles. The number of thioether (sulfide) groups is 1. The lowest BCUT2D eigenvalue weighted by molar-refractivity contribution is -0.116. The highest BCUT2D eigenvalue weighted by atomic mass is 32.2. The average Bonchev–Trinajstić information content (AvgIpc) is 2.75. The van der Waals surface area contributed by atoms with Crippen molar-refractivity contribution in [1.82, 2.24) is 14.8 Å². The van der Waals surface area contributed by atoms with Gasteiger partial charge < -0.3 is 11.1 Å². The van der Waals surface area contributed by atoms with Crippen LogP contribution in [0.2, 0.25) is 0 Å². The molecule has 0 saturated heterocycles. The average molecular weight is 291 g/mol. The van der Waals surface area contributed by atoms with Crippen LogP contribution in [0.4, 0.5) is 11.6 Å². The maximum atomic E-state index is 12.0. The van der Waals surface area contributed by atoms with Crippen LogP contribution in [0, 0.1) is 6.92 Å². The normalized spacial score (nSPS) is 10.5. The predicted molar refractivity (Wildman–Crippen MR) is 80.6 cm³/mol. The molecule has 0 fully saturated rings. The molecule has 0 bridgehead atoms. The number of benzene rings is 1. The number of hydrogen-bond acceptors (Lipinski definition) is 5. The highest BCUT2D eigenvalue weighted by molar-refractivity contribution is 7.99. The number of anilines is 2. The number of amides is 1. The predicted octanol–water partition coefficient (Wildman–Crippen LogP) is 1.92. The summed E-state index contributed by atoms with van der Waals surface area (Å²) < 4.78 is 1.61. The van der Waals surface area contributed by atoms with E-state index in [4.69, 9.17) is 5.73 Å². The summed E-state index contributed by atoms with van der Waals surface area (Å²) in [6.45, 7) is 4.11. The van der Waals surface area contributed by atoms with Gasteiger partial charge in [0.1, 0.15) is 6.54 Å². The minimum atomic E-state index is -0.154. The Kier molecular flexibility index (Phi) is 4.62. The van der Waals surface area contributed by atoms with Crippen LogP contribution in [0.25, 0.3) is 0 Å². The number of hydrogen-bond donors (Lipinski definition) is 2. The summed E-state index contributed by atoms with van der Waals surface area (Å²) in [5, 5.41) is 11.2. The smallest absolute Gasteiger partial charge is 0.244 e. The van der Waals surface area contributed by atoms with Crippen molar-refractivity contribution in [1.29, 1.82) is 0 Å². The number of nitrogens with zero attached hydrogens (tertiary/aromatic N) is 3. The third-order valence-corrected chi connectivity index (χ3v) is 3.50. The van der Waals surface area contributed by atoms with E-state index < -0.39 is 0 Å². The quantitative estimate of drug-likeness (QED) is 0.822. The second-order valence-electron chi connectivity index (χ2n) is 4.27. The van der Waals surface area contributed by atoms with Gasteiger partial charge in [0.15, 0.2) is 5.16 Å². The molecule has 0 atom stereocenters. The second-order valence-corrected chi connectivity index (χ2v) is 5.51. The van der Waals surface area contributed by atoms with Gasteiger partial charge in [-0.2, -0.15) is 0 Å². The SMILES string of the molecule is CCSc1nnc(N)n1CC(=O)Nc1ccc(C)cc1. The summed E-state index contributed by atoms with van der Waals surface area (Å²) in [6, 6.07) is 7.62. The summed E-state index contributed by atoms with van der Waals surface area (Å²) in [5.41, 5.74) is 7.64. The zero-order valence-electron chi connectivity index (χ0n) is 11.5. The Morgan fingerprint density at radius 2 is 2.05 bits per heavy atom. The van der Waals surface area contributed by atoms with Crippen LogP contribution < -0.4 is 11.1 Å². The maximum Gasteiger partial charge on any atom is 0.244 e. The lowest BCUT2D eigenvalue weighted by Gasteiger charge is -2.08. The molecule has 1 aromatic carbocycles. The molecule has 0 spiro atoms. The second kappa shape index (κ2) is 6.42. The van der Waals surface area contributed by atoms with Crippen molar-refractivity contribution in [2.75, 3.05) is 16.8 Å². The van der Waals surface area contributed by atoms with E-state index in [9.17, 15) is 4.79 Å². The van der Waals surface area contributed by atoms with Gasteiger partial charge in [-0.3, -0.25) is 9.36 Å². The van der Waals surface area contributed by atoms with Gasteiger partial charge in [0, 0.05) is 5.69 Å². The third-order valence-electron chi connectivity index (χ3n) is 2.66. The van der Waals surface area contributed by atoms with E-state index in [1.807, 2.05) is 38.1 Å². The first-order valence-electron chi connectivity index (χ1n) is 6.28. The Balaban J connectivity index is 2.04. The molecule has 7 heteroatoms. The number of nitrogens with two attached hydrogens (primary N) is 1. The third kappa shape index (κ3) is 3.51. The molecule has 0 aliphatic rings. The van der Waals surface area contributed by atoms with E-state index >= 15 is 0 Å². The van der Waals surface area contributed by atoms with E-state index in [1.54, 1.807) is 4.57 Å². The summed E-state index contributed by atoms with van der Waals surface area (Å²) in [7, 11) is 0. The summed E-state index contributed by atoms with van der Waals surface area (Å²) in [4.78, 5) is 12.0. The minimum absolute atomic E-state index is 0.106. The van der Waals surface area contributed by atoms with E-state index in [1.165, 1.54) is 11.8 Å². The summed E-state index contributed by atoms with van der Waals surface area (Å²) in [6.07, 6.45) is 0. The monoisotopic (exact) mass is 291 g/mol. The Morgan fingerprint density at radius 1 is 1.35 bits per heavy atom. The fourth-order valence-electron chi connectivity index (χ4n) is 1.67. The van der Waals surface area contributed by atoms with E-state index in [0.29, 0.717) is 5.16 Å². The fraction of sp³-hybridized carbons (Fsp3) is 0.308. The number of carbonyl (C=O) groups is 1. The molecular formula is C13H17N5OS. The molecule has 0 unspecified atom stereocenters. The number of carbonyl (C=O) groups excluding carboxylic acids is 1. The van der Waals surface area contributed by atoms with Crippen LogP contribution in [-0.4, -0.2) is 26.4 Å². The number of nitrogens with one attached hydrogen (secondary N) is 1. The number of aromatic nitrogens is 3. The van der Waals surface area contributed by atoms with E-state index in [0.717, 1.165) is 17.0 Å². The van der Waals surface area contributed by atoms with Crippen LogP contribution in [0.1, 0.15) is 12.5 Å². The number of rotatable bonds is 5. The molecule has 0 saturated carbocycles. The molecule has 20 heavy (non-hydrogen) atoms. The minimum Gasteiger partial charge on any atom is -0.368 e. The van der Waals surface area contributed by atoms with Crippen LogP contribution in [0.15, 0.2) is 29.4 Å². The Hall–Kier alpha value is -2.02. The van der Waals surface area contributed by atoms with Gasteiger partial charge in [-0.15, -0.1) is 10.2 Å². The number of nitrogen functional groups attached to an aromatic ring is 1. The van der Waals surface area contributed by atoms with Gasteiger partial charge in [-0.1, -0.05) is 36.4 Å². The van der Waals surface area contributed by atoms with Crippen molar-refractivity contribution < 1.29 is 4.79 Å². The van der Waals surface area contributed by atoms with Crippen molar-refractivity contribution in [2.24, 2.45) is 0 Å². The molecule has 0 aliphatic carbocycles. The van der Waals surface area contributed by atoms with Gasteiger partial charge in [0.25, 0.3) is 0 Å². The molecule has 2 aromatic rings. The summed E-state index contributed by atoms with van der Waals surface area (Å²) >= 11 is 1.50. The highest BCUT2D eigenvalue weighted by Gasteiger charge is 2.13. The van der Waals surface area contributed by atoms with Crippen molar-refractivity contribution in [3.8, 4) is 0 Å². The fourth-order valence-corrected chi connectivity index (χ4v) is 2.34. The van der Waals surface area contributed by atoms with Crippen molar-refractivity contribution in [2.45, 2.75) is 25.5 Å². The van der Waals surface area contributed by atoms with Crippen molar-refractivity contribution in [3.63, 3.8) is 0 Å². The van der Waals surface area contributed by atoms with Gasteiger partial charge in [0.2, 0.25) is 11.9 Å². The molecule has 0 radical (unpaired) electrons. The Morgan fingerprint density at radius 3 is 2.70 bits per heavy atom. The van der Waals surface area contributed by atoms with Crippen LogP contribution in [-0.2, 0) is 11.3 Å². The summed E-state index contributed by atoms with van der Waals surface area (Å²) in [5.74, 6) is 0.941. The van der Waals surface area contributed by atoms with Gasteiger partial charge >= 0.3 is 0 Å². The molecule has 3 N–H and O–H groups in total. The topological polar surface area (TPSA) is 85.8 Å². The Labute approximate surface area is 121 Å². The molecule has 6 nitrogen and oxygen atoms in total. The van der Waals surface area contributed by atoms with E-state index in [-0.39, 0.29) is 18.4 Å². The first-order chi connectivity index (χ1) is 9.60. The molecular weight excluding hydrogens is 274 g/mol. The van der Waals surface area contributed by atoms with Gasteiger partial charge in [-0.05, 0) is 24.8 Å². The van der Waals surface area contributed by atoms with Crippen LogP contribution >= 0.6 is 11.8 Å². The Bertz CT molecular complexity index is 593. The molecule has 1 aromatic heterocycles. The van der Waals surface area contributed by atoms with Crippen molar-refractivity contribution >= 4 is 29.3 Å².